The summed E-state index contributed by atoms with van der Waals surface area (Å²) in [5.74, 6) is -1.58. The highest BCUT2D eigenvalue weighted by Crippen LogP contribution is 2.32. The van der Waals surface area contributed by atoms with Crippen molar-refractivity contribution in [3.05, 3.63) is 64.8 Å². The molecule has 138 valence electrons. The Bertz CT molecular complexity index is 946. The molecule has 8 heteroatoms. The molecule has 5 nitrogen and oxygen atoms in total. The molecule has 0 saturated carbocycles. The van der Waals surface area contributed by atoms with Gasteiger partial charge >= 0.3 is 0 Å². The molecule has 1 heterocycles. The monoisotopic (exact) mass is 402 g/mol. The van der Waals surface area contributed by atoms with E-state index in [0.717, 1.165) is 9.80 Å². The molecule has 0 aromatic heterocycles. The van der Waals surface area contributed by atoms with Gasteiger partial charge in [-0.05, 0) is 48.4 Å². The van der Waals surface area contributed by atoms with E-state index in [2.05, 4.69) is 5.32 Å². The van der Waals surface area contributed by atoms with Crippen molar-refractivity contribution >= 4 is 52.3 Å². The van der Waals surface area contributed by atoms with Gasteiger partial charge in [-0.25, -0.2) is 4.39 Å². The van der Waals surface area contributed by atoms with Crippen LogP contribution in [0.4, 0.5) is 14.9 Å². The van der Waals surface area contributed by atoms with E-state index in [1.807, 2.05) is 12.3 Å². The quantitative estimate of drug-likeness (QED) is 0.599. The number of carbonyl (C=O) groups is 3. The lowest BCUT2D eigenvalue weighted by Crippen LogP contribution is -2.36. The van der Waals surface area contributed by atoms with Gasteiger partial charge in [0.15, 0.2) is 0 Å². The number of thioether (sulfide) groups is 2. The molecule has 2 aromatic carbocycles. The van der Waals surface area contributed by atoms with Crippen molar-refractivity contribution in [1.82, 2.24) is 4.90 Å². The van der Waals surface area contributed by atoms with Crippen molar-refractivity contribution in [1.29, 1.82) is 0 Å². The zero-order valence-corrected chi connectivity index (χ0v) is 15.9. The van der Waals surface area contributed by atoms with E-state index >= 15 is 0 Å². The number of nitrogens with zero attached hydrogens (tertiary/aromatic N) is 1. The van der Waals surface area contributed by atoms with Gasteiger partial charge in [-0.1, -0.05) is 24.3 Å². The first-order valence-corrected chi connectivity index (χ1v) is 9.96. The van der Waals surface area contributed by atoms with Crippen molar-refractivity contribution in [3.8, 4) is 0 Å². The second-order valence-electron chi connectivity index (χ2n) is 5.57. The summed E-state index contributed by atoms with van der Waals surface area (Å²) >= 11 is 2.22. The number of carbonyl (C=O) groups excluding carboxylic acids is 3. The molecule has 3 rings (SSSR count). The van der Waals surface area contributed by atoms with Crippen molar-refractivity contribution in [2.75, 3.05) is 18.1 Å². The molecule has 0 radical (unpaired) electrons. The maximum Gasteiger partial charge on any atom is 0.294 e. The van der Waals surface area contributed by atoms with Crippen LogP contribution >= 0.6 is 23.5 Å². The summed E-state index contributed by atoms with van der Waals surface area (Å²) in [7, 11) is 0. The number of hydrogen-bond donors (Lipinski definition) is 1. The Morgan fingerprint density at radius 2 is 2.00 bits per heavy atom. The molecule has 0 unspecified atom stereocenters. The lowest BCUT2D eigenvalue weighted by molar-refractivity contribution is -0.127. The van der Waals surface area contributed by atoms with Gasteiger partial charge in [-0.3, -0.25) is 19.3 Å². The van der Waals surface area contributed by atoms with E-state index < -0.39 is 29.4 Å². The fraction of sp³-hybridized carbons (Fsp3) is 0.105. The Labute approximate surface area is 164 Å². The van der Waals surface area contributed by atoms with E-state index in [0.29, 0.717) is 17.4 Å². The third-order valence-electron chi connectivity index (χ3n) is 3.72. The zero-order chi connectivity index (χ0) is 19.4. The summed E-state index contributed by atoms with van der Waals surface area (Å²) in [6, 6.07) is 13.2. The van der Waals surface area contributed by atoms with Gasteiger partial charge in [0.25, 0.3) is 11.1 Å². The van der Waals surface area contributed by atoms with Crippen LogP contribution in [0.15, 0.2) is 58.3 Å². The van der Waals surface area contributed by atoms with Crippen LogP contribution in [0.2, 0.25) is 0 Å². The van der Waals surface area contributed by atoms with Gasteiger partial charge in [-0.2, -0.15) is 0 Å². The van der Waals surface area contributed by atoms with Crippen LogP contribution in [-0.2, 0) is 9.59 Å². The number of nitrogens with one attached hydrogen (secondary N) is 1. The lowest BCUT2D eigenvalue weighted by Gasteiger charge is -2.12. The van der Waals surface area contributed by atoms with Crippen LogP contribution in [-0.4, -0.2) is 34.8 Å². The number of anilines is 1. The largest absolute Gasteiger partial charge is 0.324 e. The van der Waals surface area contributed by atoms with Crippen LogP contribution in [0, 0.1) is 5.82 Å². The van der Waals surface area contributed by atoms with Gasteiger partial charge in [0.05, 0.1) is 4.91 Å². The van der Waals surface area contributed by atoms with E-state index in [1.54, 1.807) is 24.3 Å². The molecule has 1 N–H and O–H groups in total. The molecule has 0 spiro atoms. The molecule has 3 amide bonds. The number of imide groups is 1. The first-order valence-electron chi connectivity index (χ1n) is 7.92. The molecule has 0 aliphatic carbocycles. The van der Waals surface area contributed by atoms with E-state index in [-0.39, 0.29) is 10.5 Å². The number of benzene rings is 2. The summed E-state index contributed by atoms with van der Waals surface area (Å²) in [5, 5.41) is 2.11. The molecule has 1 aliphatic heterocycles. The number of hydrogen-bond acceptors (Lipinski definition) is 5. The average molecular weight is 402 g/mol. The van der Waals surface area contributed by atoms with Crippen molar-refractivity contribution in [2.45, 2.75) is 4.90 Å². The van der Waals surface area contributed by atoms with E-state index in [9.17, 15) is 18.8 Å². The molecule has 2 aromatic rings. The average Bonchev–Trinajstić information content (AvgIpc) is 2.91. The van der Waals surface area contributed by atoms with E-state index in [1.165, 1.54) is 36.0 Å². The van der Waals surface area contributed by atoms with Crippen LogP contribution in [0.1, 0.15) is 5.56 Å². The van der Waals surface area contributed by atoms with Gasteiger partial charge < -0.3 is 5.32 Å². The van der Waals surface area contributed by atoms with Crippen LogP contribution in [0.25, 0.3) is 6.08 Å². The Morgan fingerprint density at radius 1 is 1.22 bits per heavy atom. The fourth-order valence-electron chi connectivity index (χ4n) is 2.41. The minimum Gasteiger partial charge on any atom is -0.324 e. The topological polar surface area (TPSA) is 66.5 Å². The third-order valence-corrected chi connectivity index (χ3v) is 5.35. The maximum atomic E-state index is 13.7. The second kappa shape index (κ2) is 8.41. The minimum absolute atomic E-state index is 0.0854. The van der Waals surface area contributed by atoms with Crippen molar-refractivity contribution < 1.29 is 18.8 Å². The predicted octanol–water partition coefficient (Wildman–Crippen LogP) is 4.22. The Kier molecular flexibility index (Phi) is 5.98. The van der Waals surface area contributed by atoms with Crippen molar-refractivity contribution in [2.24, 2.45) is 0 Å². The number of rotatable bonds is 5. The molecule has 1 fully saturated rings. The van der Waals surface area contributed by atoms with Crippen LogP contribution < -0.4 is 5.32 Å². The Balaban J connectivity index is 1.70. The summed E-state index contributed by atoms with van der Waals surface area (Å²) in [6.07, 6.45) is 3.24. The maximum absolute atomic E-state index is 13.7. The highest BCUT2D eigenvalue weighted by molar-refractivity contribution is 8.18. The second-order valence-corrected chi connectivity index (χ2v) is 7.44. The smallest absolute Gasteiger partial charge is 0.294 e. The van der Waals surface area contributed by atoms with Gasteiger partial charge in [-0.15, -0.1) is 11.8 Å². The van der Waals surface area contributed by atoms with Gasteiger partial charge in [0, 0.05) is 16.1 Å². The molecule has 0 bridgehead atoms. The van der Waals surface area contributed by atoms with Gasteiger partial charge in [0.1, 0.15) is 12.4 Å². The first kappa shape index (κ1) is 19.2. The summed E-state index contributed by atoms with van der Waals surface area (Å²) in [6.45, 7) is -0.400. The highest BCUT2D eigenvalue weighted by Gasteiger charge is 2.36. The number of amides is 3. The molecular formula is C19H15FN2O3S2. The molecule has 27 heavy (non-hydrogen) atoms. The fourth-order valence-corrected chi connectivity index (χ4v) is 3.70. The lowest BCUT2D eigenvalue weighted by atomic mass is 10.2. The normalized spacial score (nSPS) is 15.5. The molecule has 0 atom stereocenters. The van der Waals surface area contributed by atoms with Gasteiger partial charge in [0.2, 0.25) is 5.91 Å². The number of halogens is 1. The Morgan fingerprint density at radius 3 is 2.74 bits per heavy atom. The third kappa shape index (κ3) is 4.58. The standard InChI is InChI=1S/C19H15FN2O3S2/c1-26-14-7-4-6-13(10-14)21-17(23)11-22-18(24)16(27-19(22)25)9-12-5-2-3-8-15(12)20/h2-10H,11H2,1H3,(H,21,23)/b16-9+. The highest BCUT2D eigenvalue weighted by atomic mass is 32.2. The molecular weight excluding hydrogens is 387 g/mol. The van der Waals surface area contributed by atoms with Crippen LogP contribution in [0.3, 0.4) is 0 Å². The zero-order valence-electron chi connectivity index (χ0n) is 14.3. The first-order chi connectivity index (χ1) is 13.0. The minimum atomic E-state index is -0.610. The molecule has 1 saturated heterocycles. The molecule has 1 aliphatic rings. The predicted molar refractivity (Wildman–Crippen MR) is 106 cm³/mol. The summed E-state index contributed by atoms with van der Waals surface area (Å²) in [4.78, 5) is 38.7. The Hall–Kier alpha value is -2.58. The van der Waals surface area contributed by atoms with E-state index in [4.69, 9.17) is 0 Å². The summed E-state index contributed by atoms with van der Waals surface area (Å²) < 4.78 is 13.7. The van der Waals surface area contributed by atoms with Crippen molar-refractivity contribution in [3.63, 3.8) is 0 Å². The van der Waals surface area contributed by atoms with Crippen LogP contribution in [0.5, 0.6) is 0 Å². The summed E-state index contributed by atoms with van der Waals surface area (Å²) in [5.41, 5.74) is 0.794. The SMILES string of the molecule is CSc1cccc(NC(=O)CN2C(=O)S/C(=C/c3ccccc3F)C2=O)c1.